The van der Waals surface area contributed by atoms with Gasteiger partial charge in [0.2, 0.25) is 11.7 Å². The Morgan fingerprint density at radius 2 is 1.81 bits per heavy atom. The highest BCUT2D eigenvalue weighted by Crippen LogP contribution is 2.25. The molecule has 0 radical (unpaired) electrons. The molecule has 1 aliphatic heterocycles. The van der Waals surface area contributed by atoms with E-state index in [1.54, 1.807) is 0 Å². The Hall–Kier alpha value is -1.72. The van der Waals surface area contributed by atoms with Crippen LogP contribution in [0.15, 0.2) is 34.9 Å². The Morgan fingerprint density at radius 3 is 2.48 bits per heavy atom. The summed E-state index contributed by atoms with van der Waals surface area (Å²) in [5.74, 6) is 1.31. The van der Waals surface area contributed by atoms with E-state index in [2.05, 4.69) is 35.8 Å². The van der Waals surface area contributed by atoms with Gasteiger partial charge in [0.25, 0.3) is 0 Å². The summed E-state index contributed by atoms with van der Waals surface area (Å²) in [4.78, 5) is 6.88. The Balaban J connectivity index is 1.76. The smallest absolute Gasteiger partial charge is 0.244 e. The van der Waals surface area contributed by atoms with E-state index in [1.807, 2.05) is 30.3 Å². The molecule has 0 N–H and O–H groups in total. The molecule has 0 spiro atoms. The van der Waals surface area contributed by atoms with E-state index in [0.29, 0.717) is 11.7 Å². The maximum atomic E-state index is 5.77. The average Bonchev–Trinajstić information content (AvgIpc) is 2.96. The van der Waals surface area contributed by atoms with Gasteiger partial charge in [0.05, 0.1) is 18.2 Å². The molecule has 5 nitrogen and oxygen atoms in total. The Labute approximate surface area is 124 Å². The van der Waals surface area contributed by atoms with Crippen LogP contribution in [0.2, 0.25) is 0 Å². The molecule has 1 aliphatic rings. The lowest BCUT2D eigenvalue weighted by Crippen LogP contribution is -2.46. The fraction of sp³-hybridized carbons (Fsp3) is 0.500. The standard InChI is InChI=1S/C16H21N3O2/c1-11-9-19(10-12(2)20-11)13(3)16-17-15(18-21-16)14-7-5-4-6-8-14/h4-8,11-13H,9-10H2,1-3H3/t11-,12+,13-/m1/s1. The average molecular weight is 287 g/mol. The number of nitrogens with zero attached hydrogens (tertiary/aromatic N) is 3. The van der Waals surface area contributed by atoms with Gasteiger partial charge in [-0.25, -0.2) is 0 Å². The van der Waals surface area contributed by atoms with Crippen molar-refractivity contribution in [3.8, 4) is 11.4 Å². The molecule has 1 aromatic carbocycles. The van der Waals surface area contributed by atoms with Gasteiger partial charge in [-0.15, -0.1) is 0 Å². The van der Waals surface area contributed by atoms with Crippen LogP contribution in [0.1, 0.15) is 32.7 Å². The normalized spacial score (nSPS) is 24.9. The Morgan fingerprint density at radius 1 is 1.14 bits per heavy atom. The molecule has 1 aromatic heterocycles. The predicted octanol–water partition coefficient (Wildman–Crippen LogP) is 2.91. The summed E-state index contributed by atoms with van der Waals surface area (Å²) in [5.41, 5.74) is 0.975. The molecular formula is C16H21N3O2. The van der Waals surface area contributed by atoms with Crippen LogP contribution in [0.3, 0.4) is 0 Å². The van der Waals surface area contributed by atoms with Crippen molar-refractivity contribution in [1.29, 1.82) is 0 Å². The zero-order valence-corrected chi connectivity index (χ0v) is 12.7. The highest BCUT2D eigenvalue weighted by molar-refractivity contribution is 5.53. The molecule has 0 amide bonds. The lowest BCUT2D eigenvalue weighted by Gasteiger charge is -2.37. The van der Waals surface area contributed by atoms with Crippen molar-refractivity contribution in [3.05, 3.63) is 36.2 Å². The third-order valence-electron chi connectivity index (χ3n) is 3.83. The van der Waals surface area contributed by atoms with Gasteiger partial charge >= 0.3 is 0 Å². The van der Waals surface area contributed by atoms with Gasteiger partial charge < -0.3 is 9.26 Å². The monoisotopic (exact) mass is 287 g/mol. The predicted molar refractivity (Wildman–Crippen MR) is 79.7 cm³/mol. The fourth-order valence-electron chi connectivity index (χ4n) is 2.80. The molecule has 0 unspecified atom stereocenters. The molecule has 0 saturated carbocycles. The summed E-state index contributed by atoms with van der Waals surface area (Å²) in [6, 6.07) is 9.99. The number of hydrogen-bond donors (Lipinski definition) is 0. The number of rotatable bonds is 3. The van der Waals surface area contributed by atoms with Crippen molar-refractivity contribution in [2.75, 3.05) is 13.1 Å². The second-order valence-electron chi connectivity index (χ2n) is 5.71. The van der Waals surface area contributed by atoms with E-state index in [-0.39, 0.29) is 18.2 Å². The molecule has 0 bridgehead atoms. The SMILES string of the molecule is C[C@@H]1CN([C@H](C)c2nc(-c3ccccc3)no2)C[C@H](C)O1. The molecule has 1 saturated heterocycles. The van der Waals surface area contributed by atoms with Crippen LogP contribution < -0.4 is 0 Å². The third kappa shape index (κ3) is 3.14. The summed E-state index contributed by atoms with van der Waals surface area (Å²) in [6.07, 6.45) is 0.459. The van der Waals surface area contributed by atoms with Crippen molar-refractivity contribution in [3.63, 3.8) is 0 Å². The van der Waals surface area contributed by atoms with Crippen molar-refractivity contribution in [2.45, 2.75) is 39.0 Å². The number of morpholine rings is 1. The van der Waals surface area contributed by atoms with Crippen molar-refractivity contribution < 1.29 is 9.26 Å². The Kier molecular flexibility index (Phi) is 4.03. The second kappa shape index (κ2) is 5.95. The van der Waals surface area contributed by atoms with Gasteiger partial charge in [0, 0.05) is 18.7 Å². The van der Waals surface area contributed by atoms with Gasteiger partial charge in [-0.2, -0.15) is 4.98 Å². The number of aromatic nitrogens is 2. The van der Waals surface area contributed by atoms with Crippen LogP contribution in [-0.2, 0) is 4.74 Å². The lowest BCUT2D eigenvalue weighted by atomic mass is 10.1. The van der Waals surface area contributed by atoms with Crippen LogP contribution in [0.25, 0.3) is 11.4 Å². The largest absolute Gasteiger partial charge is 0.373 e. The van der Waals surface area contributed by atoms with E-state index in [0.717, 1.165) is 18.7 Å². The van der Waals surface area contributed by atoms with Gasteiger partial charge in [-0.3, -0.25) is 4.90 Å². The van der Waals surface area contributed by atoms with Crippen LogP contribution in [0.5, 0.6) is 0 Å². The van der Waals surface area contributed by atoms with Gasteiger partial charge in [-0.05, 0) is 20.8 Å². The topological polar surface area (TPSA) is 51.4 Å². The van der Waals surface area contributed by atoms with E-state index in [4.69, 9.17) is 9.26 Å². The van der Waals surface area contributed by atoms with Crippen molar-refractivity contribution in [2.24, 2.45) is 0 Å². The molecule has 112 valence electrons. The minimum atomic E-state index is 0.101. The molecule has 5 heteroatoms. The van der Waals surface area contributed by atoms with E-state index >= 15 is 0 Å². The van der Waals surface area contributed by atoms with Crippen LogP contribution in [-0.4, -0.2) is 40.3 Å². The first-order valence-corrected chi connectivity index (χ1v) is 7.42. The highest BCUT2D eigenvalue weighted by atomic mass is 16.5. The fourth-order valence-corrected chi connectivity index (χ4v) is 2.80. The Bertz CT molecular complexity index is 574. The van der Waals surface area contributed by atoms with E-state index in [1.165, 1.54) is 0 Å². The lowest BCUT2D eigenvalue weighted by molar-refractivity contribution is -0.0818. The summed E-state index contributed by atoms with van der Waals surface area (Å²) in [5, 5.41) is 4.10. The molecule has 0 aliphatic carbocycles. The molecule has 3 atom stereocenters. The minimum absolute atomic E-state index is 0.101. The summed E-state index contributed by atoms with van der Waals surface area (Å²) in [7, 11) is 0. The molecule has 3 rings (SSSR count). The van der Waals surface area contributed by atoms with Gasteiger partial charge in [0.15, 0.2) is 0 Å². The van der Waals surface area contributed by atoms with Crippen molar-refractivity contribution >= 4 is 0 Å². The van der Waals surface area contributed by atoms with Crippen LogP contribution >= 0.6 is 0 Å². The van der Waals surface area contributed by atoms with Gasteiger partial charge in [0.1, 0.15) is 0 Å². The minimum Gasteiger partial charge on any atom is -0.373 e. The number of hydrogen-bond acceptors (Lipinski definition) is 5. The van der Waals surface area contributed by atoms with Crippen molar-refractivity contribution in [1.82, 2.24) is 15.0 Å². The first-order chi connectivity index (χ1) is 10.1. The quantitative estimate of drug-likeness (QED) is 0.868. The zero-order chi connectivity index (χ0) is 14.8. The summed E-state index contributed by atoms with van der Waals surface area (Å²) in [6.45, 7) is 8.06. The third-order valence-corrected chi connectivity index (χ3v) is 3.83. The highest BCUT2D eigenvalue weighted by Gasteiger charge is 2.29. The molecular weight excluding hydrogens is 266 g/mol. The molecule has 2 aromatic rings. The van der Waals surface area contributed by atoms with E-state index < -0.39 is 0 Å². The zero-order valence-electron chi connectivity index (χ0n) is 12.7. The first-order valence-electron chi connectivity index (χ1n) is 7.42. The number of benzene rings is 1. The maximum absolute atomic E-state index is 5.77. The molecule has 1 fully saturated rings. The number of ether oxygens (including phenoxy) is 1. The van der Waals surface area contributed by atoms with Gasteiger partial charge in [-0.1, -0.05) is 35.5 Å². The van der Waals surface area contributed by atoms with E-state index in [9.17, 15) is 0 Å². The first kappa shape index (κ1) is 14.2. The molecule has 2 heterocycles. The van der Waals surface area contributed by atoms with Crippen LogP contribution in [0, 0.1) is 0 Å². The second-order valence-corrected chi connectivity index (χ2v) is 5.71. The summed E-state index contributed by atoms with van der Waals surface area (Å²) < 4.78 is 11.2. The maximum Gasteiger partial charge on any atom is 0.244 e. The molecule has 21 heavy (non-hydrogen) atoms. The van der Waals surface area contributed by atoms with Crippen LogP contribution in [0.4, 0.5) is 0 Å². The summed E-state index contributed by atoms with van der Waals surface area (Å²) >= 11 is 0.